The summed E-state index contributed by atoms with van der Waals surface area (Å²) < 4.78 is 30.1. The molecule has 0 atom stereocenters. The lowest BCUT2D eigenvalue weighted by Crippen LogP contribution is -2.35. The molecule has 1 aromatic rings. The van der Waals surface area contributed by atoms with Crippen LogP contribution in [0, 0.1) is 0 Å². The van der Waals surface area contributed by atoms with Crippen LogP contribution in [0.25, 0.3) is 0 Å². The van der Waals surface area contributed by atoms with Gasteiger partial charge >= 0.3 is 0 Å². The molecule has 8 heteroatoms. The molecule has 0 bridgehead atoms. The van der Waals surface area contributed by atoms with Crippen molar-refractivity contribution >= 4 is 9.84 Å². The van der Waals surface area contributed by atoms with E-state index in [0.717, 1.165) is 38.4 Å². The normalized spacial score (nSPS) is 17.4. The summed E-state index contributed by atoms with van der Waals surface area (Å²) in [6.07, 6.45) is 0. The van der Waals surface area contributed by atoms with E-state index < -0.39 is 9.84 Å². The Morgan fingerprint density at radius 2 is 1.88 bits per heavy atom. The molecular formula is C16H24N2O5S. The first-order valence-electron chi connectivity index (χ1n) is 7.70. The number of rotatable bonds is 7. The predicted octanol–water partition coefficient (Wildman–Crippen LogP) is 1.06. The highest BCUT2D eigenvalue weighted by molar-refractivity contribution is 7.91. The fourth-order valence-electron chi connectivity index (χ4n) is 2.39. The number of nitrogens with zero attached hydrogens (tertiary/aromatic N) is 1. The number of hydrogen-bond acceptors (Lipinski definition) is 7. The van der Waals surface area contributed by atoms with Crippen LogP contribution in [0.15, 0.2) is 40.6 Å². The molecule has 1 saturated heterocycles. The fraction of sp³-hybridized carbons (Fsp3) is 0.500. The molecule has 0 saturated carbocycles. The number of allylic oxidation sites excluding steroid dienone is 1. The molecule has 0 aliphatic carbocycles. The van der Waals surface area contributed by atoms with Gasteiger partial charge in [-0.3, -0.25) is 4.90 Å². The Labute approximate surface area is 142 Å². The number of hydrogen-bond donors (Lipinski definition) is 1. The van der Waals surface area contributed by atoms with Crippen molar-refractivity contribution in [2.24, 2.45) is 5.73 Å². The Kier molecular flexibility index (Phi) is 6.61. The molecule has 0 spiro atoms. The monoisotopic (exact) mass is 356 g/mol. The number of sulfone groups is 1. The van der Waals surface area contributed by atoms with Gasteiger partial charge in [-0.25, -0.2) is 8.42 Å². The highest BCUT2D eigenvalue weighted by Crippen LogP contribution is 2.16. The van der Waals surface area contributed by atoms with Gasteiger partial charge in [0.2, 0.25) is 0 Å². The Hall–Kier alpha value is -1.61. The minimum Gasteiger partial charge on any atom is -0.398 e. The van der Waals surface area contributed by atoms with Gasteiger partial charge in [-0.1, -0.05) is 12.1 Å². The van der Waals surface area contributed by atoms with E-state index in [1.165, 1.54) is 7.11 Å². The van der Waals surface area contributed by atoms with Crippen LogP contribution in [0.3, 0.4) is 0 Å². The van der Waals surface area contributed by atoms with E-state index in [-0.39, 0.29) is 22.1 Å². The molecule has 7 nitrogen and oxygen atoms in total. The van der Waals surface area contributed by atoms with Crippen molar-refractivity contribution in [1.29, 1.82) is 0 Å². The van der Waals surface area contributed by atoms with Gasteiger partial charge in [-0.15, -0.1) is 0 Å². The standard InChI is InChI=1S/C16H24N2O5S/c1-13(23-21-2)16(17)12-24(19,20)15-5-3-14(4-6-15)11-18-7-9-22-10-8-18/h3-6H,7-12,17H2,1-2H3/b16-13-. The Balaban J connectivity index is 2.04. The second-order valence-electron chi connectivity index (χ2n) is 5.62. The second-order valence-corrected chi connectivity index (χ2v) is 7.61. The highest BCUT2D eigenvalue weighted by atomic mass is 32.2. The van der Waals surface area contributed by atoms with Crippen molar-refractivity contribution in [1.82, 2.24) is 4.90 Å². The van der Waals surface area contributed by atoms with E-state index >= 15 is 0 Å². The number of benzene rings is 1. The minimum atomic E-state index is -3.52. The summed E-state index contributed by atoms with van der Waals surface area (Å²) >= 11 is 0. The van der Waals surface area contributed by atoms with E-state index in [4.69, 9.17) is 15.4 Å². The molecule has 134 valence electrons. The summed E-state index contributed by atoms with van der Waals surface area (Å²) in [6.45, 7) is 5.59. The van der Waals surface area contributed by atoms with Crippen LogP contribution >= 0.6 is 0 Å². The van der Waals surface area contributed by atoms with Gasteiger partial charge in [0, 0.05) is 19.6 Å². The molecule has 1 fully saturated rings. The lowest BCUT2D eigenvalue weighted by Gasteiger charge is -2.26. The topological polar surface area (TPSA) is 91.1 Å². The van der Waals surface area contributed by atoms with Crippen LogP contribution in [0.5, 0.6) is 0 Å². The molecule has 1 aliphatic heterocycles. The molecule has 24 heavy (non-hydrogen) atoms. The van der Waals surface area contributed by atoms with Crippen molar-refractivity contribution in [3.05, 3.63) is 41.3 Å². The average molecular weight is 356 g/mol. The summed E-state index contributed by atoms with van der Waals surface area (Å²) in [5, 5.41) is 0. The first kappa shape index (κ1) is 18.7. The van der Waals surface area contributed by atoms with Crippen LogP contribution < -0.4 is 5.73 Å². The highest BCUT2D eigenvalue weighted by Gasteiger charge is 2.18. The Morgan fingerprint density at radius 1 is 1.25 bits per heavy atom. The number of morpholine rings is 1. The van der Waals surface area contributed by atoms with Crippen LogP contribution in [0.2, 0.25) is 0 Å². The van der Waals surface area contributed by atoms with Crippen molar-refractivity contribution in [2.45, 2.75) is 18.4 Å². The van der Waals surface area contributed by atoms with Gasteiger partial charge in [0.05, 0.1) is 36.7 Å². The molecule has 1 aromatic carbocycles. The first-order chi connectivity index (χ1) is 11.4. The van der Waals surface area contributed by atoms with E-state index in [0.29, 0.717) is 0 Å². The predicted molar refractivity (Wildman–Crippen MR) is 89.6 cm³/mol. The smallest absolute Gasteiger partial charge is 0.184 e. The lowest BCUT2D eigenvalue weighted by molar-refractivity contribution is -0.237. The molecule has 2 N–H and O–H groups in total. The van der Waals surface area contributed by atoms with Crippen molar-refractivity contribution in [3.8, 4) is 0 Å². The third-order valence-corrected chi connectivity index (χ3v) is 5.48. The largest absolute Gasteiger partial charge is 0.398 e. The summed E-state index contributed by atoms with van der Waals surface area (Å²) in [6, 6.07) is 6.90. The maximum Gasteiger partial charge on any atom is 0.184 e. The molecule has 0 unspecified atom stereocenters. The summed E-state index contributed by atoms with van der Waals surface area (Å²) in [7, 11) is -2.19. The van der Waals surface area contributed by atoms with Crippen molar-refractivity contribution in [3.63, 3.8) is 0 Å². The molecule has 0 aromatic heterocycles. The van der Waals surface area contributed by atoms with Crippen LogP contribution in [-0.2, 0) is 30.9 Å². The molecular weight excluding hydrogens is 332 g/mol. The zero-order chi connectivity index (χ0) is 17.6. The Morgan fingerprint density at radius 3 is 2.46 bits per heavy atom. The molecule has 1 heterocycles. The SMILES string of the molecule is COO/C(C)=C(\N)CS(=O)(=O)c1ccc(CN2CCOCC2)cc1. The Bertz CT molecular complexity index is 664. The first-order valence-corrected chi connectivity index (χ1v) is 9.35. The van der Waals surface area contributed by atoms with E-state index in [2.05, 4.69) is 9.79 Å². The van der Waals surface area contributed by atoms with E-state index in [1.54, 1.807) is 19.1 Å². The molecule has 0 radical (unpaired) electrons. The second kappa shape index (κ2) is 8.48. The van der Waals surface area contributed by atoms with Gasteiger partial charge in [0.25, 0.3) is 0 Å². The average Bonchev–Trinajstić information content (AvgIpc) is 2.56. The summed E-state index contributed by atoms with van der Waals surface area (Å²) in [4.78, 5) is 11.8. The van der Waals surface area contributed by atoms with Crippen molar-refractivity contribution in [2.75, 3.05) is 39.2 Å². The maximum atomic E-state index is 12.4. The number of ether oxygens (including phenoxy) is 1. The molecule has 0 amide bonds. The quantitative estimate of drug-likeness (QED) is 0.444. The van der Waals surface area contributed by atoms with Crippen LogP contribution in [-0.4, -0.2) is 52.5 Å². The maximum absolute atomic E-state index is 12.4. The zero-order valence-corrected chi connectivity index (χ0v) is 14.8. The third kappa shape index (κ3) is 5.20. The van der Waals surface area contributed by atoms with Crippen molar-refractivity contribution < 1.29 is 22.9 Å². The fourth-order valence-corrected chi connectivity index (χ4v) is 3.72. The van der Waals surface area contributed by atoms with E-state index in [1.807, 2.05) is 12.1 Å². The lowest BCUT2D eigenvalue weighted by atomic mass is 10.2. The molecule has 1 aliphatic rings. The number of nitrogens with two attached hydrogens (primary N) is 1. The summed E-state index contributed by atoms with van der Waals surface area (Å²) in [5.41, 5.74) is 6.94. The van der Waals surface area contributed by atoms with Gasteiger partial charge in [-0.05, 0) is 24.6 Å². The molecule has 2 rings (SSSR count). The van der Waals surface area contributed by atoms with Gasteiger partial charge in [0.15, 0.2) is 15.6 Å². The van der Waals surface area contributed by atoms with Gasteiger partial charge < -0.3 is 15.4 Å². The third-order valence-electron chi connectivity index (χ3n) is 3.80. The van der Waals surface area contributed by atoms with Crippen LogP contribution in [0.1, 0.15) is 12.5 Å². The van der Waals surface area contributed by atoms with E-state index in [9.17, 15) is 8.42 Å². The van der Waals surface area contributed by atoms with Crippen LogP contribution in [0.4, 0.5) is 0 Å². The minimum absolute atomic E-state index is 0.120. The van der Waals surface area contributed by atoms with Gasteiger partial charge in [0.1, 0.15) is 0 Å². The summed E-state index contributed by atoms with van der Waals surface area (Å²) in [5.74, 6) is -0.0737. The van der Waals surface area contributed by atoms with Gasteiger partial charge in [-0.2, -0.15) is 4.89 Å². The zero-order valence-electron chi connectivity index (χ0n) is 14.0.